The molecule has 0 aromatic rings. The van der Waals surface area contributed by atoms with Crippen molar-refractivity contribution >= 4 is 87.6 Å². The zero-order valence-corrected chi connectivity index (χ0v) is 11.4. The van der Waals surface area contributed by atoms with Crippen molar-refractivity contribution in [3.8, 4) is 0 Å². The fraction of sp³-hybridized carbons (Fsp3) is 0.833. The molecular formula is C6H14Ca2Cl2O6. The summed E-state index contributed by atoms with van der Waals surface area (Å²) in [6, 6.07) is 0. The summed E-state index contributed by atoms with van der Waals surface area (Å²) < 4.78 is 0. The van der Waals surface area contributed by atoms with Crippen molar-refractivity contribution in [1.29, 1.82) is 0 Å². The topological polar surface area (TPSA) is 118 Å². The van der Waals surface area contributed by atoms with Gasteiger partial charge in [0.25, 0.3) is 0 Å². The number of hydrogen-bond acceptors (Lipinski definition) is 6. The molecule has 0 aliphatic carbocycles. The van der Waals surface area contributed by atoms with Gasteiger partial charge in [0.1, 0.15) is 24.4 Å². The van der Waals surface area contributed by atoms with E-state index in [1.807, 2.05) is 0 Å². The van der Waals surface area contributed by atoms with Crippen LogP contribution in [0, 0.1) is 0 Å². The Hall–Kier alpha value is 2.57. The third-order valence-corrected chi connectivity index (χ3v) is 1.42. The second kappa shape index (κ2) is 15.6. The SMILES string of the molecule is O=C[C@H](O)[C@@H](O)[C@H](O)[C@H](O)CO.[CaH2].[Cl][Ca][Cl]. The Labute approximate surface area is 146 Å². The van der Waals surface area contributed by atoms with Gasteiger partial charge in [0.05, 0.1) is 6.61 Å². The van der Waals surface area contributed by atoms with Crippen LogP contribution < -0.4 is 0 Å². The first-order valence-electron chi connectivity index (χ1n) is 3.86. The van der Waals surface area contributed by atoms with E-state index >= 15 is 0 Å². The van der Waals surface area contributed by atoms with Gasteiger partial charge in [-0.05, 0) is 0 Å². The third-order valence-electron chi connectivity index (χ3n) is 1.42. The molecule has 0 radical (unpaired) electrons. The summed E-state index contributed by atoms with van der Waals surface area (Å²) in [5.41, 5.74) is 0. The molecule has 4 atom stereocenters. The van der Waals surface area contributed by atoms with E-state index in [9.17, 15) is 4.79 Å². The van der Waals surface area contributed by atoms with E-state index in [-0.39, 0.29) is 44.0 Å². The summed E-state index contributed by atoms with van der Waals surface area (Å²) in [7, 11) is 0. The van der Waals surface area contributed by atoms with Crippen molar-refractivity contribution in [2.24, 2.45) is 0 Å². The first-order valence-corrected chi connectivity index (χ1v) is 9.94. The summed E-state index contributed by atoms with van der Waals surface area (Å²) in [5, 5.41) is 43.5. The van der Waals surface area contributed by atoms with E-state index in [1.165, 1.54) is 0 Å². The van der Waals surface area contributed by atoms with Crippen LogP contribution >= 0.6 is 12.8 Å². The zero-order valence-electron chi connectivity index (χ0n) is 7.70. The third kappa shape index (κ3) is 11.6. The molecule has 0 bridgehead atoms. The monoisotopic (exact) mass is 332 g/mol. The summed E-state index contributed by atoms with van der Waals surface area (Å²) in [6.07, 6.45) is 3.06. The average Bonchev–Trinajstić information content (AvgIpc) is 2.25. The van der Waals surface area contributed by atoms with E-state index in [1.54, 1.807) is 0 Å². The Morgan fingerprint density at radius 3 is 1.75 bits per heavy atom. The molecule has 0 aliphatic rings. The maximum absolute atomic E-state index is 9.90. The van der Waals surface area contributed by atoms with Gasteiger partial charge in [0.2, 0.25) is 0 Å². The molecule has 92 valence electrons. The van der Waals surface area contributed by atoms with Gasteiger partial charge in [-0.1, -0.05) is 0 Å². The molecular weight excluding hydrogens is 319 g/mol. The molecule has 0 fully saturated rings. The number of aldehydes is 1. The van der Waals surface area contributed by atoms with E-state index in [4.69, 9.17) is 38.3 Å². The van der Waals surface area contributed by atoms with E-state index in [0.29, 0.717) is 0 Å². The molecule has 0 spiro atoms. The number of carbonyl (C=O) groups excluding carboxylic acids is 1. The predicted molar refractivity (Wildman–Crippen MR) is 63.2 cm³/mol. The number of rotatable bonds is 5. The molecule has 0 amide bonds. The van der Waals surface area contributed by atoms with Crippen molar-refractivity contribution in [2.75, 3.05) is 6.61 Å². The minimum atomic E-state index is -1.79. The molecule has 0 unspecified atom stereocenters. The number of aliphatic hydroxyl groups is 5. The fourth-order valence-corrected chi connectivity index (χ4v) is 0.618. The Morgan fingerprint density at radius 1 is 1.12 bits per heavy atom. The summed E-state index contributed by atoms with van der Waals surface area (Å²) in [4.78, 5) is 9.90. The maximum atomic E-state index is 9.90. The van der Waals surface area contributed by atoms with Crippen LogP contribution in [0.25, 0.3) is 0 Å². The van der Waals surface area contributed by atoms with Crippen molar-refractivity contribution in [1.82, 2.24) is 0 Å². The van der Waals surface area contributed by atoms with Gasteiger partial charge in [-0.3, -0.25) is 0 Å². The number of aliphatic hydroxyl groups excluding tert-OH is 5. The van der Waals surface area contributed by atoms with E-state index in [0.717, 1.165) is 0 Å². The Bertz CT molecular complexity index is 166. The molecule has 0 saturated heterocycles. The fourth-order valence-electron chi connectivity index (χ4n) is 0.618. The molecule has 5 N–H and O–H groups in total. The standard InChI is InChI=1S/C6H12O6.2Ca.2ClH.2H/c7-1-3(9)5(11)6(12)4(10)2-8;;;;;;/h1,3-6,8-12H,2H2;;;2*1H;;/q;;+2;;;;/p-2/t3-,4+,5+,6+;;;;;;/m0....../s1. The van der Waals surface area contributed by atoms with Crippen LogP contribution in [-0.2, 0) is 4.79 Å². The van der Waals surface area contributed by atoms with Gasteiger partial charge in [0, 0.05) is 0 Å². The average molecular weight is 333 g/mol. The summed E-state index contributed by atoms with van der Waals surface area (Å²) in [6.45, 7) is -0.760. The van der Waals surface area contributed by atoms with Gasteiger partial charge in [0.15, 0.2) is 6.29 Å². The minimum absolute atomic E-state index is 0. The quantitative estimate of drug-likeness (QED) is 0.266. The van der Waals surface area contributed by atoms with Crippen molar-refractivity contribution in [3.05, 3.63) is 0 Å². The van der Waals surface area contributed by atoms with Crippen molar-refractivity contribution in [3.63, 3.8) is 0 Å². The van der Waals surface area contributed by atoms with Crippen LogP contribution in [0.1, 0.15) is 0 Å². The molecule has 6 nitrogen and oxygen atoms in total. The first kappa shape index (κ1) is 23.6. The van der Waals surface area contributed by atoms with Gasteiger partial charge >= 0.3 is 81.4 Å². The molecule has 0 aromatic carbocycles. The summed E-state index contributed by atoms with van der Waals surface area (Å²) >= 11 is -0.931. The van der Waals surface area contributed by atoms with Crippen LogP contribution in [0.3, 0.4) is 0 Å². The van der Waals surface area contributed by atoms with Gasteiger partial charge in [-0.15, -0.1) is 0 Å². The Kier molecular flexibility index (Phi) is 23.1. The molecule has 0 aliphatic heterocycles. The van der Waals surface area contributed by atoms with Crippen LogP contribution in [0.15, 0.2) is 0 Å². The number of halogens is 2. The molecule has 16 heavy (non-hydrogen) atoms. The second-order valence-electron chi connectivity index (χ2n) is 2.46. The van der Waals surface area contributed by atoms with Gasteiger partial charge < -0.3 is 30.3 Å². The molecule has 0 heterocycles. The van der Waals surface area contributed by atoms with E-state index < -0.39 is 61.9 Å². The predicted octanol–water partition coefficient (Wildman–Crippen LogP) is -3.30. The van der Waals surface area contributed by atoms with Gasteiger partial charge in [-0.25, -0.2) is 0 Å². The zero-order chi connectivity index (χ0) is 12.4. The summed E-state index contributed by atoms with van der Waals surface area (Å²) in [5.74, 6) is 0. The number of hydrogen-bond donors (Lipinski definition) is 5. The van der Waals surface area contributed by atoms with Crippen molar-refractivity contribution < 1.29 is 30.3 Å². The van der Waals surface area contributed by atoms with Crippen LogP contribution in [-0.4, -0.2) is 131 Å². The van der Waals surface area contributed by atoms with E-state index in [2.05, 4.69) is 0 Å². The molecule has 0 aromatic heterocycles. The Morgan fingerprint density at radius 2 is 1.50 bits per heavy atom. The van der Waals surface area contributed by atoms with Crippen LogP contribution in [0.5, 0.6) is 0 Å². The molecule has 10 heteroatoms. The second-order valence-corrected chi connectivity index (χ2v) is 6.11. The molecule has 0 rings (SSSR count). The van der Waals surface area contributed by atoms with Crippen LogP contribution in [0.4, 0.5) is 0 Å². The van der Waals surface area contributed by atoms with Crippen LogP contribution in [0.2, 0.25) is 0 Å². The normalized spacial score (nSPS) is 16.4. The first-order chi connectivity index (χ1) is 6.95. The van der Waals surface area contributed by atoms with Gasteiger partial charge in [-0.2, -0.15) is 0 Å². The molecule has 0 saturated carbocycles. The number of carbonyl (C=O) groups is 1. The Balaban J connectivity index is -0.000000377. The van der Waals surface area contributed by atoms with Crippen molar-refractivity contribution in [2.45, 2.75) is 24.4 Å².